The van der Waals surface area contributed by atoms with Crippen LogP contribution in [0.15, 0.2) is 104 Å². The van der Waals surface area contributed by atoms with E-state index in [0.717, 1.165) is 109 Å². The van der Waals surface area contributed by atoms with E-state index in [0.29, 0.717) is 24.0 Å². The first-order valence-corrected chi connectivity index (χ1v) is 22.1. The van der Waals surface area contributed by atoms with Crippen LogP contribution >= 0.6 is 0 Å². The van der Waals surface area contributed by atoms with Crippen LogP contribution in [0.25, 0.3) is 50.0 Å². The molecule has 2 fully saturated rings. The summed E-state index contributed by atoms with van der Waals surface area (Å²) in [7, 11) is 0. The fraction of sp³-hybridized carbons (Fsp3) is 0.375. The number of hydrogen-bond donors (Lipinski definition) is 5. The van der Waals surface area contributed by atoms with E-state index in [1.54, 1.807) is 0 Å². The second-order valence-corrected chi connectivity index (χ2v) is 17.2. The molecule has 13 nitrogen and oxygen atoms in total. The Morgan fingerprint density at radius 1 is 0.730 bits per heavy atom. The van der Waals surface area contributed by atoms with Gasteiger partial charge in [0.15, 0.2) is 0 Å². The molecule has 2 saturated carbocycles. The second kappa shape index (κ2) is 22.2. The normalized spacial score (nSPS) is 20.5. The van der Waals surface area contributed by atoms with Gasteiger partial charge in [-0.2, -0.15) is 8.42 Å². The molecule has 63 heavy (non-hydrogen) atoms. The maximum Gasteiger partial charge on any atom is 1.00 e. The van der Waals surface area contributed by atoms with E-state index in [4.69, 9.17) is 29.9 Å². The van der Waals surface area contributed by atoms with Crippen molar-refractivity contribution in [1.82, 2.24) is 29.5 Å². The van der Waals surface area contributed by atoms with Crippen molar-refractivity contribution in [2.24, 2.45) is 11.5 Å². The van der Waals surface area contributed by atoms with Crippen LogP contribution in [0.3, 0.4) is 0 Å². The third kappa shape index (κ3) is 12.1. The zero-order chi connectivity index (χ0) is 43.0. The van der Waals surface area contributed by atoms with Crippen LogP contribution in [0.4, 0.5) is 11.9 Å². The van der Waals surface area contributed by atoms with Gasteiger partial charge in [-0.15, -0.1) is 0 Å². The van der Waals surface area contributed by atoms with E-state index in [9.17, 15) is 0 Å². The van der Waals surface area contributed by atoms with Crippen molar-refractivity contribution < 1.29 is 43.5 Å². The Morgan fingerprint density at radius 2 is 1.22 bits per heavy atom. The van der Waals surface area contributed by atoms with Gasteiger partial charge >= 0.3 is 41.1 Å². The summed E-state index contributed by atoms with van der Waals surface area (Å²) in [4.78, 5) is 22.5. The molecule has 326 valence electrons. The second-order valence-electron chi connectivity index (χ2n) is 17.1. The number of benzene rings is 3. The number of para-hydroxylation sites is 3. The quantitative estimate of drug-likeness (QED) is 0.104. The Labute approximate surface area is 395 Å². The molecule has 0 amide bonds. The van der Waals surface area contributed by atoms with Gasteiger partial charge in [0.2, 0.25) is 11.9 Å². The number of nitrogens with two attached hydrogens (primary N) is 2. The van der Waals surface area contributed by atoms with Crippen molar-refractivity contribution in [3.63, 3.8) is 0 Å². The average Bonchev–Trinajstić information content (AvgIpc) is 3.86. The number of rotatable bonds is 9. The van der Waals surface area contributed by atoms with Gasteiger partial charge in [0.25, 0.3) is 0 Å². The summed E-state index contributed by atoms with van der Waals surface area (Å²) in [5.74, 6) is 1.39. The zero-order valence-electron chi connectivity index (χ0n) is 37.1. The minimum absolute atomic E-state index is 0. The van der Waals surface area contributed by atoms with Gasteiger partial charge in [0.05, 0.1) is 16.9 Å². The van der Waals surface area contributed by atoms with Crippen molar-refractivity contribution in [2.45, 2.75) is 115 Å². The third-order valence-corrected chi connectivity index (χ3v) is 12.0. The number of aromatic amines is 1. The molecule has 0 bridgehead atoms. The van der Waals surface area contributed by atoms with Gasteiger partial charge in [0.1, 0.15) is 0 Å². The van der Waals surface area contributed by atoms with Crippen LogP contribution in [0.5, 0.6) is 0 Å². The van der Waals surface area contributed by atoms with Crippen LogP contribution < -0.4 is 51.7 Å². The fourth-order valence-electron chi connectivity index (χ4n) is 9.02. The summed E-state index contributed by atoms with van der Waals surface area (Å²) in [5, 5.41) is 9.49. The standard InChI is InChI=1S/C27H31N5.C21H27N5.Na.O2S.H2O/c1-3-19-17-29-26(30-20-10-9-15-27(2,28)16-20)31-25(19)23-18-32(21-11-5-4-6-12-21)24-14-8-7-13-22(23)24;1-3-14-12-24-20(25-15-7-6-10-21(2,22)11-15)26-19(14)17-13-23-18-9-5-4-8-16(17)18;;1-3-2;/h4-8,11-14,17-18,20H,3,9-10,15-16,28H2,1-2H3,(H,29,30,31);4-5,8-9,12-13,15,23H,3,6-7,10-11,22H2,1-2H3,(H,24,25,26);;;1H2/q;;+1;;/p-1/t20-,27+;15-,21+;;;/m11.../s1. The molecule has 0 radical (unpaired) electrons. The number of fused-ring (bicyclic) bond motifs is 2. The van der Waals surface area contributed by atoms with Crippen molar-refractivity contribution in [1.29, 1.82) is 0 Å². The third-order valence-electron chi connectivity index (χ3n) is 12.0. The van der Waals surface area contributed by atoms with Crippen molar-refractivity contribution >= 4 is 45.3 Å². The first-order chi connectivity index (χ1) is 29.5. The Hall–Kier alpha value is -4.80. The van der Waals surface area contributed by atoms with Crippen LogP contribution in [0, 0.1) is 0 Å². The van der Waals surface area contributed by atoms with Gasteiger partial charge in [-0.25, -0.2) is 19.9 Å². The molecular weight excluding hydrogens is 820 g/mol. The molecule has 3 aromatic carbocycles. The number of nitrogens with zero attached hydrogens (tertiary/aromatic N) is 5. The summed E-state index contributed by atoms with van der Waals surface area (Å²) < 4.78 is 18.8. The van der Waals surface area contributed by atoms with Gasteiger partial charge < -0.3 is 37.1 Å². The van der Waals surface area contributed by atoms with Gasteiger partial charge in [-0.05, 0) is 113 Å². The number of H-pyrrole nitrogens is 1. The molecule has 0 spiro atoms. The first-order valence-electron chi connectivity index (χ1n) is 21.5. The van der Waals surface area contributed by atoms with Crippen LogP contribution in [0.2, 0.25) is 0 Å². The number of anilines is 2. The SMILES string of the molecule is CCc1cnc(N[C@@H]2CCC[C@](C)(N)C2)nc1-c1c[nH]c2ccccc12.CCc1cnc(N[C@@H]2CCC[C@](C)(N)C2)nc1-c1cn(-c2ccccc2)c2ccccc12.O=S=O.[Na+].[OH-]. The number of nitrogens with one attached hydrogen (secondary N) is 3. The smallest absolute Gasteiger partial charge is 0.870 e. The van der Waals surface area contributed by atoms with E-state index in [1.807, 2.05) is 30.7 Å². The van der Waals surface area contributed by atoms with E-state index < -0.39 is 11.6 Å². The van der Waals surface area contributed by atoms with Crippen LogP contribution in [0.1, 0.15) is 90.2 Å². The summed E-state index contributed by atoms with van der Waals surface area (Å²) in [6.45, 7) is 8.59. The van der Waals surface area contributed by atoms with E-state index in [-0.39, 0.29) is 46.1 Å². The first kappa shape index (κ1) is 49.2. The molecule has 4 atom stereocenters. The van der Waals surface area contributed by atoms with Crippen molar-refractivity contribution in [3.05, 3.63) is 115 Å². The molecule has 2 aliphatic rings. The minimum atomic E-state index is -0.750. The van der Waals surface area contributed by atoms with E-state index >= 15 is 0 Å². The molecule has 9 rings (SSSR count). The topological polar surface area (TPSA) is 213 Å². The monoisotopic (exact) mass is 878 g/mol. The predicted octanol–water partition coefficient (Wildman–Crippen LogP) is 6.14. The Bertz CT molecular complexity index is 2610. The summed E-state index contributed by atoms with van der Waals surface area (Å²) in [6.07, 6.45) is 18.5. The van der Waals surface area contributed by atoms with Gasteiger partial charge in [0, 0.05) is 81.1 Å². The van der Waals surface area contributed by atoms with Crippen molar-refractivity contribution in [3.8, 4) is 28.2 Å². The Balaban J connectivity index is 0.000000221. The molecule has 8 N–H and O–H groups in total. The molecule has 0 unspecified atom stereocenters. The number of hydrogen-bond acceptors (Lipinski definition) is 11. The minimum Gasteiger partial charge on any atom is -0.870 e. The predicted molar refractivity (Wildman–Crippen MR) is 250 cm³/mol. The summed E-state index contributed by atoms with van der Waals surface area (Å²) in [6, 6.07) is 28.0. The number of aryl methyl sites for hydroxylation is 2. The summed E-state index contributed by atoms with van der Waals surface area (Å²) in [5.41, 5.74) is 22.6. The maximum absolute atomic E-state index is 8.29. The molecule has 0 saturated heterocycles. The number of aromatic nitrogens is 6. The average molecular weight is 879 g/mol. The molecular formula is C48H59N10NaO3S. The molecule has 4 aromatic heterocycles. The molecule has 2 aliphatic carbocycles. The molecule has 0 aliphatic heterocycles. The van der Waals surface area contributed by atoms with E-state index in [2.05, 4.69) is 131 Å². The molecule has 4 heterocycles. The molecule has 7 aromatic rings. The Morgan fingerprint density at radius 3 is 1.76 bits per heavy atom. The van der Waals surface area contributed by atoms with Crippen molar-refractivity contribution in [2.75, 3.05) is 10.6 Å². The van der Waals surface area contributed by atoms with E-state index in [1.165, 1.54) is 16.3 Å². The fourth-order valence-corrected chi connectivity index (χ4v) is 9.02. The van der Waals surface area contributed by atoms with Crippen LogP contribution in [-0.2, 0) is 24.4 Å². The van der Waals surface area contributed by atoms with Crippen LogP contribution in [-0.4, -0.2) is 66.5 Å². The van der Waals surface area contributed by atoms with Gasteiger partial charge in [-0.1, -0.05) is 68.4 Å². The Kier molecular flexibility index (Phi) is 17.3. The zero-order valence-corrected chi connectivity index (χ0v) is 39.9. The molecule has 15 heteroatoms. The van der Waals surface area contributed by atoms with Gasteiger partial charge in [-0.3, -0.25) is 0 Å². The maximum atomic E-state index is 8.29. The largest absolute Gasteiger partial charge is 1.00 e. The summed E-state index contributed by atoms with van der Waals surface area (Å²) >= 11 is -0.750.